The van der Waals surface area contributed by atoms with Gasteiger partial charge in [0.15, 0.2) is 5.84 Å². The Kier molecular flexibility index (Phi) is 7.90. The Bertz CT molecular complexity index is 3850. The molecule has 0 radical (unpaired) electrons. The van der Waals surface area contributed by atoms with E-state index in [9.17, 15) is 0 Å². The highest BCUT2D eigenvalue weighted by Gasteiger charge is 2.51. The summed E-state index contributed by atoms with van der Waals surface area (Å²) in [5.74, 6) is 0.681. The fourth-order valence-electron chi connectivity index (χ4n) is 11.2. The van der Waals surface area contributed by atoms with E-state index in [-0.39, 0.29) is 5.41 Å². The van der Waals surface area contributed by atoms with Crippen LogP contribution in [0.2, 0.25) is 0 Å². The molecular weight excluding hydrogens is 809 g/mol. The van der Waals surface area contributed by atoms with Crippen LogP contribution in [0.4, 0.5) is 0 Å². The normalized spacial score (nSPS) is 17.1. The van der Waals surface area contributed by atoms with Crippen molar-refractivity contribution < 1.29 is 4.42 Å². The van der Waals surface area contributed by atoms with Crippen LogP contribution >= 0.6 is 11.3 Å². The van der Waals surface area contributed by atoms with Crippen molar-refractivity contribution in [2.45, 2.75) is 18.3 Å². The van der Waals surface area contributed by atoms with Gasteiger partial charge in [-0.15, -0.1) is 11.3 Å². The van der Waals surface area contributed by atoms with Gasteiger partial charge in [0, 0.05) is 42.1 Å². The molecule has 0 unspecified atom stereocenters. The van der Waals surface area contributed by atoms with E-state index in [1.807, 2.05) is 11.3 Å². The Hall–Kier alpha value is -7.92. The summed E-state index contributed by atoms with van der Waals surface area (Å²) < 4.78 is 9.24. The molecule has 1 spiro atoms. The molecule has 2 aliphatic carbocycles. The molecule has 1 aliphatic heterocycles. The molecule has 0 saturated heterocycles. The number of furan rings is 1. The van der Waals surface area contributed by atoms with E-state index < -0.39 is 0 Å². The Labute approximate surface area is 380 Å². The third-order valence-corrected chi connectivity index (χ3v) is 15.2. The first-order valence-electron chi connectivity index (χ1n) is 22.4. The summed E-state index contributed by atoms with van der Waals surface area (Å²) in [4.78, 5) is 11.0. The van der Waals surface area contributed by atoms with Crippen LogP contribution in [-0.4, -0.2) is 11.5 Å². The quantitative estimate of drug-likeness (QED) is 0.174. The molecular formula is C61H38N2OS. The number of hydrogen-bond acceptors (Lipinski definition) is 4. The summed E-state index contributed by atoms with van der Waals surface area (Å²) in [6, 6.07) is 73.0. The number of amidine groups is 1. The fraction of sp³-hybridized carbons (Fsp3) is 0.0492. The Balaban J connectivity index is 0.940. The minimum Gasteiger partial charge on any atom is -0.456 e. The molecule has 0 N–H and O–H groups in total. The first-order chi connectivity index (χ1) is 32.2. The molecule has 0 atom stereocenters. The Morgan fingerprint density at radius 1 is 0.415 bits per heavy atom. The maximum absolute atomic E-state index is 6.67. The molecule has 4 heteroatoms. The lowest BCUT2D eigenvalue weighted by Crippen LogP contribution is -2.25. The van der Waals surface area contributed by atoms with Gasteiger partial charge >= 0.3 is 0 Å². The van der Waals surface area contributed by atoms with Gasteiger partial charge in [-0.25, -0.2) is 9.98 Å². The highest BCUT2D eigenvalue weighted by molar-refractivity contribution is 7.25. The molecule has 3 aliphatic rings. The van der Waals surface area contributed by atoms with Crippen LogP contribution in [0.15, 0.2) is 221 Å². The summed E-state index contributed by atoms with van der Waals surface area (Å²) in [5, 5.41) is 4.60. The zero-order valence-corrected chi connectivity index (χ0v) is 36.1. The summed E-state index contributed by atoms with van der Waals surface area (Å²) in [7, 11) is 0. The number of benzene rings is 9. The second kappa shape index (κ2) is 14.0. The largest absolute Gasteiger partial charge is 0.456 e. The first kappa shape index (κ1) is 36.6. The molecule has 65 heavy (non-hydrogen) atoms. The van der Waals surface area contributed by atoms with Crippen molar-refractivity contribution in [1.29, 1.82) is 0 Å². The van der Waals surface area contributed by atoms with Gasteiger partial charge in [0.25, 0.3) is 0 Å². The third kappa shape index (κ3) is 5.35. The standard InChI is InChI=1S/C61H38N2OS/c1-2-14-37(15-3-1)53-24-13-25-54(40-30-33-58-47(36-40)44-19-7-11-27-57(44)65-58)63-60(62-53)45-20-12-26-56-59(45)48-35-39(29-32-55(48)64-56)38-28-31-52-46(34-38)43-18-6-10-23-51(43)61(52)49-21-8-4-16-41(49)42-17-5-9-22-50(42)61/h1-12,14-23,25-36H,13,24H2/b54-25-,62-53+,63-60-. The second-order valence-corrected chi connectivity index (χ2v) is 18.5. The lowest BCUT2D eigenvalue weighted by molar-refractivity contribution is 0.669. The number of hydrogen-bond donors (Lipinski definition) is 0. The van der Waals surface area contributed by atoms with E-state index in [1.165, 1.54) is 64.7 Å². The van der Waals surface area contributed by atoms with Gasteiger partial charge in [0.2, 0.25) is 0 Å². The SMILES string of the molecule is C1=C(c2ccc3sc4ccccc4c3c2)/N=C(c2cccc3oc4ccc(-c5ccc6c(c5)-c5ccccc5C65c6ccccc6-c6ccccc65)cc4c23)\N=C(\c2ccccc2)CC\1. The van der Waals surface area contributed by atoms with Gasteiger partial charge in [-0.3, -0.25) is 0 Å². The average molecular weight is 847 g/mol. The van der Waals surface area contributed by atoms with E-state index in [0.29, 0.717) is 5.84 Å². The summed E-state index contributed by atoms with van der Waals surface area (Å²) >= 11 is 1.84. The minimum atomic E-state index is -0.370. The van der Waals surface area contributed by atoms with Gasteiger partial charge in [-0.05, 0) is 117 Å². The molecule has 2 aromatic heterocycles. The van der Waals surface area contributed by atoms with Gasteiger partial charge in [0.1, 0.15) is 11.2 Å². The van der Waals surface area contributed by atoms with Crippen molar-refractivity contribution in [3.63, 3.8) is 0 Å². The van der Waals surface area contributed by atoms with Crippen LogP contribution in [0.3, 0.4) is 0 Å². The molecule has 9 aromatic carbocycles. The van der Waals surface area contributed by atoms with E-state index >= 15 is 0 Å². The maximum Gasteiger partial charge on any atom is 0.160 e. The smallest absolute Gasteiger partial charge is 0.160 e. The molecule has 0 bridgehead atoms. The van der Waals surface area contributed by atoms with Crippen molar-refractivity contribution in [3.05, 3.63) is 245 Å². The van der Waals surface area contributed by atoms with Gasteiger partial charge < -0.3 is 4.42 Å². The zero-order valence-electron chi connectivity index (χ0n) is 35.3. The maximum atomic E-state index is 6.67. The second-order valence-electron chi connectivity index (χ2n) is 17.4. The number of thiophene rings is 1. The monoisotopic (exact) mass is 846 g/mol. The van der Waals surface area contributed by atoms with E-state index in [2.05, 4.69) is 206 Å². The molecule has 3 heterocycles. The van der Waals surface area contributed by atoms with Crippen LogP contribution in [0, 0.1) is 0 Å². The van der Waals surface area contributed by atoms with Crippen LogP contribution in [0.25, 0.3) is 81.2 Å². The molecule has 0 saturated carbocycles. The van der Waals surface area contributed by atoms with Crippen LogP contribution in [0.1, 0.15) is 51.8 Å². The lowest BCUT2D eigenvalue weighted by Gasteiger charge is -2.30. The third-order valence-electron chi connectivity index (χ3n) is 14.0. The van der Waals surface area contributed by atoms with Crippen molar-refractivity contribution in [1.82, 2.24) is 0 Å². The topological polar surface area (TPSA) is 37.9 Å². The van der Waals surface area contributed by atoms with Crippen LogP contribution < -0.4 is 0 Å². The van der Waals surface area contributed by atoms with E-state index in [1.54, 1.807) is 0 Å². The Morgan fingerprint density at radius 2 is 1.03 bits per heavy atom. The predicted octanol–water partition coefficient (Wildman–Crippen LogP) is 16.0. The average Bonchev–Trinajstić information content (AvgIpc) is 4.09. The van der Waals surface area contributed by atoms with Crippen molar-refractivity contribution in [3.8, 4) is 33.4 Å². The number of allylic oxidation sites excluding steroid dienone is 1. The minimum absolute atomic E-state index is 0.370. The summed E-state index contributed by atoms with van der Waals surface area (Å²) in [6.07, 6.45) is 3.91. The van der Waals surface area contributed by atoms with Crippen molar-refractivity contribution in [2.75, 3.05) is 0 Å². The van der Waals surface area contributed by atoms with Gasteiger partial charge in [-0.2, -0.15) is 0 Å². The molecule has 11 aromatic rings. The molecule has 3 nitrogen and oxygen atoms in total. The predicted molar refractivity (Wildman–Crippen MR) is 272 cm³/mol. The fourth-order valence-corrected chi connectivity index (χ4v) is 12.3. The van der Waals surface area contributed by atoms with E-state index in [4.69, 9.17) is 14.4 Å². The van der Waals surface area contributed by atoms with E-state index in [0.717, 1.165) is 74.0 Å². The molecule has 304 valence electrons. The van der Waals surface area contributed by atoms with Gasteiger partial charge in [-0.1, -0.05) is 164 Å². The molecule has 14 rings (SSSR count). The highest BCUT2D eigenvalue weighted by atomic mass is 32.1. The van der Waals surface area contributed by atoms with Crippen molar-refractivity contribution >= 4 is 70.7 Å². The summed E-state index contributed by atoms with van der Waals surface area (Å²) in [6.45, 7) is 0. The number of fused-ring (bicyclic) bond motifs is 16. The van der Waals surface area contributed by atoms with Crippen LogP contribution in [-0.2, 0) is 5.41 Å². The molecule has 0 fully saturated rings. The highest BCUT2D eigenvalue weighted by Crippen LogP contribution is 2.63. The number of aliphatic imine (C=N–C) groups is 2. The zero-order chi connectivity index (χ0) is 42.6. The Morgan fingerprint density at radius 3 is 1.83 bits per heavy atom. The lowest BCUT2D eigenvalue weighted by atomic mass is 9.70. The van der Waals surface area contributed by atoms with Gasteiger partial charge in [0.05, 0.1) is 16.8 Å². The number of rotatable bonds is 4. The van der Waals surface area contributed by atoms with Crippen LogP contribution in [0.5, 0.6) is 0 Å². The molecule has 0 amide bonds. The summed E-state index contributed by atoms with van der Waals surface area (Å²) in [5.41, 5.74) is 19.3. The number of nitrogens with zero attached hydrogens (tertiary/aromatic N) is 2. The van der Waals surface area contributed by atoms with Crippen molar-refractivity contribution in [2.24, 2.45) is 9.98 Å². The first-order valence-corrected chi connectivity index (χ1v) is 23.3.